The van der Waals surface area contributed by atoms with Crippen molar-refractivity contribution < 1.29 is 9.90 Å². The van der Waals surface area contributed by atoms with Crippen molar-refractivity contribution in [2.24, 2.45) is 0 Å². The van der Waals surface area contributed by atoms with E-state index in [-0.39, 0.29) is 0 Å². The Bertz CT molecular complexity index is 651. The molecule has 0 spiro atoms. The summed E-state index contributed by atoms with van der Waals surface area (Å²) in [5.74, 6) is -0.368. The van der Waals surface area contributed by atoms with Crippen LogP contribution >= 0.6 is 27.7 Å². The summed E-state index contributed by atoms with van der Waals surface area (Å²) in [7, 11) is 0. The van der Waals surface area contributed by atoms with Gasteiger partial charge in [-0.25, -0.2) is 0 Å². The number of thioether (sulfide) groups is 1. The van der Waals surface area contributed by atoms with Gasteiger partial charge in [-0.2, -0.15) is 0 Å². The fraction of sp³-hybridized carbons (Fsp3) is 0.235. The van der Waals surface area contributed by atoms with Crippen molar-refractivity contribution in [3.05, 3.63) is 64.6 Å². The fourth-order valence-corrected chi connectivity index (χ4v) is 4.65. The van der Waals surface area contributed by atoms with Crippen LogP contribution in [0.5, 0.6) is 0 Å². The number of halogens is 1. The first kappa shape index (κ1) is 14.7. The van der Waals surface area contributed by atoms with Gasteiger partial charge in [0.2, 0.25) is 0 Å². The molecule has 3 rings (SSSR count). The van der Waals surface area contributed by atoms with Crippen LogP contribution in [0.15, 0.2) is 64.0 Å². The molecule has 0 saturated heterocycles. The molecule has 0 unspecified atom stereocenters. The van der Waals surface area contributed by atoms with Crippen molar-refractivity contribution >= 4 is 33.7 Å². The van der Waals surface area contributed by atoms with Gasteiger partial charge in [0, 0.05) is 9.37 Å². The van der Waals surface area contributed by atoms with Crippen molar-refractivity contribution in [2.75, 3.05) is 0 Å². The van der Waals surface area contributed by atoms with Crippen LogP contribution in [-0.2, 0) is 4.79 Å². The number of hydrogen-bond acceptors (Lipinski definition) is 2. The van der Waals surface area contributed by atoms with Gasteiger partial charge in [-0.05, 0) is 52.4 Å². The zero-order valence-corrected chi connectivity index (χ0v) is 13.7. The molecule has 4 heteroatoms. The van der Waals surface area contributed by atoms with Crippen molar-refractivity contribution in [1.82, 2.24) is 0 Å². The Labute approximate surface area is 136 Å². The lowest BCUT2D eigenvalue weighted by molar-refractivity contribution is -0.142. The Hall–Kier alpha value is -1.26. The van der Waals surface area contributed by atoms with E-state index in [4.69, 9.17) is 0 Å². The van der Waals surface area contributed by atoms with Crippen LogP contribution in [0.25, 0.3) is 0 Å². The summed E-state index contributed by atoms with van der Waals surface area (Å²) < 4.78 is 0.253. The molecule has 1 aliphatic carbocycles. The molecular weight excluding hydrogens is 348 g/mol. The quantitative estimate of drug-likeness (QED) is 0.836. The summed E-state index contributed by atoms with van der Waals surface area (Å²) in [6.45, 7) is 0. The predicted octanol–water partition coefficient (Wildman–Crippen LogP) is 4.94. The number of benzene rings is 2. The molecule has 1 saturated carbocycles. The fourth-order valence-electron chi connectivity index (χ4n) is 2.74. The molecule has 0 heterocycles. The minimum absolute atomic E-state index is 0.345. The van der Waals surface area contributed by atoms with Crippen molar-refractivity contribution in [3.63, 3.8) is 0 Å². The molecule has 0 aromatic heterocycles. The van der Waals surface area contributed by atoms with E-state index >= 15 is 0 Å². The number of aliphatic carboxylic acids is 1. The molecule has 0 radical (unpaired) electrons. The Kier molecular flexibility index (Phi) is 4.09. The maximum Gasteiger partial charge on any atom is 0.320 e. The maximum atomic E-state index is 11.8. The monoisotopic (exact) mass is 362 g/mol. The SMILES string of the molecule is O=C(O)C1(Sc2ccccc2Br)CC(c2ccccc2)C1. The molecule has 1 N–H and O–H groups in total. The molecule has 1 aliphatic rings. The van der Waals surface area contributed by atoms with Gasteiger partial charge in [-0.1, -0.05) is 42.5 Å². The molecule has 2 aromatic carbocycles. The van der Waals surface area contributed by atoms with E-state index in [1.807, 2.05) is 42.5 Å². The Morgan fingerprint density at radius 3 is 2.33 bits per heavy atom. The highest BCUT2D eigenvalue weighted by molar-refractivity contribution is 9.10. The molecule has 2 aromatic rings. The topological polar surface area (TPSA) is 37.3 Å². The molecule has 0 amide bonds. The third-order valence-corrected chi connectivity index (χ3v) is 6.38. The minimum Gasteiger partial charge on any atom is -0.480 e. The van der Waals surface area contributed by atoms with Gasteiger partial charge in [0.15, 0.2) is 0 Å². The normalized spacial score (nSPS) is 24.3. The lowest BCUT2D eigenvalue weighted by Crippen LogP contribution is -2.46. The molecular formula is C17H15BrO2S. The smallest absolute Gasteiger partial charge is 0.320 e. The van der Waals surface area contributed by atoms with Crippen LogP contribution in [0.3, 0.4) is 0 Å². The lowest BCUT2D eigenvalue weighted by atomic mass is 9.70. The molecule has 1 fully saturated rings. The van der Waals surface area contributed by atoms with Crippen molar-refractivity contribution in [2.45, 2.75) is 28.4 Å². The van der Waals surface area contributed by atoms with Gasteiger partial charge in [-0.15, -0.1) is 11.8 Å². The summed E-state index contributed by atoms with van der Waals surface area (Å²) in [6.07, 6.45) is 1.36. The zero-order chi connectivity index (χ0) is 14.9. The highest BCUT2D eigenvalue weighted by Crippen LogP contribution is 2.55. The molecule has 108 valence electrons. The highest BCUT2D eigenvalue weighted by Gasteiger charge is 2.51. The van der Waals surface area contributed by atoms with Crippen LogP contribution in [0.2, 0.25) is 0 Å². The van der Waals surface area contributed by atoms with Gasteiger partial charge >= 0.3 is 5.97 Å². The van der Waals surface area contributed by atoms with Crippen LogP contribution in [0.4, 0.5) is 0 Å². The second-order valence-electron chi connectivity index (χ2n) is 5.35. The average Bonchev–Trinajstić information content (AvgIpc) is 2.45. The molecule has 21 heavy (non-hydrogen) atoms. The number of carbonyl (C=O) groups is 1. The van der Waals surface area contributed by atoms with E-state index in [0.717, 1.165) is 9.37 Å². The Morgan fingerprint density at radius 1 is 1.10 bits per heavy atom. The third-order valence-electron chi connectivity index (χ3n) is 3.95. The molecule has 0 bridgehead atoms. The minimum atomic E-state index is -0.713. The summed E-state index contributed by atoms with van der Waals surface area (Å²) in [6, 6.07) is 18.0. The maximum absolute atomic E-state index is 11.8. The first-order chi connectivity index (χ1) is 10.1. The second kappa shape index (κ2) is 5.85. The van der Waals surface area contributed by atoms with Crippen LogP contribution < -0.4 is 0 Å². The lowest BCUT2D eigenvalue weighted by Gasteiger charge is -2.44. The first-order valence-electron chi connectivity index (χ1n) is 6.83. The molecule has 0 atom stereocenters. The Morgan fingerprint density at radius 2 is 1.71 bits per heavy atom. The Balaban J connectivity index is 1.79. The van der Waals surface area contributed by atoms with Crippen LogP contribution in [-0.4, -0.2) is 15.8 Å². The largest absolute Gasteiger partial charge is 0.480 e. The van der Waals surface area contributed by atoms with Crippen LogP contribution in [0.1, 0.15) is 24.3 Å². The van der Waals surface area contributed by atoms with Gasteiger partial charge in [0.25, 0.3) is 0 Å². The summed E-state index contributed by atoms with van der Waals surface area (Å²) in [4.78, 5) is 12.8. The third kappa shape index (κ3) is 2.87. The summed E-state index contributed by atoms with van der Waals surface area (Å²) >= 11 is 4.96. The molecule has 0 aliphatic heterocycles. The highest BCUT2D eigenvalue weighted by atomic mass is 79.9. The summed E-state index contributed by atoms with van der Waals surface area (Å²) in [5.41, 5.74) is 1.24. The van der Waals surface area contributed by atoms with E-state index in [0.29, 0.717) is 18.8 Å². The van der Waals surface area contributed by atoms with Gasteiger partial charge < -0.3 is 5.11 Å². The van der Waals surface area contributed by atoms with E-state index in [2.05, 4.69) is 28.1 Å². The standard InChI is InChI=1S/C17H15BrO2S/c18-14-8-4-5-9-15(14)21-17(16(19)20)10-13(11-17)12-6-2-1-3-7-12/h1-9,13H,10-11H2,(H,19,20). The zero-order valence-electron chi connectivity index (χ0n) is 11.3. The van der Waals surface area contributed by atoms with E-state index in [1.165, 1.54) is 17.3 Å². The average molecular weight is 363 g/mol. The van der Waals surface area contributed by atoms with Crippen LogP contribution in [0, 0.1) is 0 Å². The molecule has 2 nitrogen and oxygen atoms in total. The van der Waals surface area contributed by atoms with E-state index in [9.17, 15) is 9.90 Å². The number of carboxylic acids is 1. The van der Waals surface area contributed by atoms with Gasteiger partial charge in [-0.3, -0.25) is 4.79 Å². The van der Waals surface area contributed by atoms with Crippen molar-refractivity contribution in [3.8, 4) is 0 Å². The first-order valence-corrected chi connectivity index (χ1v) is 8.43. The van der Waals surface area contributed by atoms with Gasteiger partial charge in [0.05, 0.1) is 0 Å². The summed E-state index contributed by atoms with van der Waals surface area (Å²) in [5, 5.41) is 9.66. The van der Waals surface area contributed by atoms with E-state index < -0.39 is 10.7 Å². The number of carboxylic acid groups (broad SMARTS) is 1. The predicted molar refractivity (Wildman–Crippen MR) is 88.8 cm³/mol. The second-order valence-corrected chi connectivity index (χ2v) is 7.63. The number of rotatable bonds is 4. The van der Waals surface area contributed by atoms with Crippen molar-refractivity contribution in [1.29, 1.82) is 0 Å². The number of hydrogen-bond donors (Lipinski definition) is 1. The van der Waals surface area contributed by atoms with E-state index in [1.54, 1.807) is 0 Å². The van der Waals surface area contributed by atoms with Gasteiger partial charge in [0.1, 0.15) is 4.75 Å².